The molecule has 1 amide bonds. The van der Waals surface area contributed by atoms with Gasteiger partial charge in [0.05, 0.1) is 31.2 Å². The Hall–Kier alpha value is -1.48. The Bertz CT molecular complexity index is 499. The van der Waals surface area contributed by atoms with Crippen molar-refractivity contribution >= 4 is 15.7 Å². The molecule has 0 saturated carbocycles. The highest BCUT2D eigenvalue weighted by atomic mass is 32.2. The van der Waals surface area contributed by atoms with Gasteiger partial charge in [-0.2, -0.15) is 5.10 Å². The van der Waals surface area contributed by atoms with Crippen molar-refractivity contribution in [2.24, 2.45) is 0 Å². The maximum Gasteiger partial charge on any atom is 0.248 e. The first-order chi connectivity index (χ1) is 8.57. The summed E-state index contributed by atoms with van der Waals surface area (Å²) in [6, 6.07) is 0. The van der Waals surface area contributed by atoms with E-state index in [4.69, 9.17) is 4.84 Å². The standard InChI is InChI=1S/C9H14N4O4S/c14-9(1-2-12-8-10-7-11-12)13-3-5-18(15,16)6-4-17-13/h7-8H,1-6H2. The molecule has 0 N–H and O–H groups in total. The quantitative estimate of drug-likeness (QED) is 0.691. The van der Waals surface area contributed by atoms with Gasteiger partial charge in [0.25, 0.3) is 0 Å². The van der Waals surface area contributed by atoms with Crippen molar-refractivity contribution in [3.05, 3.63) is 12.7 Å². The van der Waals surface area contributed by atoms with Crippen molar-refractivity contribution < 1.29 is 18.0 Å². The smallest absolute Gasteiger partial charge is 0.248 e. The number of nitrogens with zero attached hydrogens (tertiary/aromatic N) is 4. The fraction of sp³-hybridized carbons (Fsp3) is 0.667. The second-order valence-corrected chi connectivity index (χ2v) is 6.19. The zero-order valence-electron chi connectivity index (χ0n) is 9.73. The molecule has 0 aliphatic carbocycles. The molecule has 2 heterocycles. The van der Waals surface area contributed by atoms with Crippen molar-refractivity contribution in [3.8, 4) is 0 Å². The molecule has 0 spiro atoms. The molecule has 0 unspecified atom stereocenters. The molecule has 1 aromatic heterocycles. The summed E-state index contributed by atoms with van der Waals surface area (Å²) in [4.78, 5) is 20.7. The second kappa shape index (κ2) is 5.44. The Morgan fingerprint density at radius 1 is 1.39 bits per heavy atom. The van der Waals surface area contributed by atoms with Crippen LogP contribution in [0.2, 0.25) is 0 Å². The number of hydrogen-bond acceptors (Lipinski definition) is 6. The van der Waals surface area contributed by atoms with E-state index < -0.39 is 9.84 Å². The van der Waals surface area contributed by atoms with Gasteiger partial charge in [-0.3, -0.25) is 14.3 Å². The number of aryl methyl sites for hydroxylation is 1. The van der Waals surface area contributed by atoms with Gasteiger partial charge in [-0.25, -0.2) is 18.5 Å². The van der Waals surface area contributed by atoms with Crippen molar-refractivity contribution in [2.75, 3.05) is 24.7 Å². The van der Waals surface area contributed by atoms with Crippen LogP contribution < -0.4 is 0 Å². The molecule has 18 heavy (non-hydrogen) atoms. The van der Waals surface area contributed by atoms with Gasteiger partial charge < -0.3 is 0 Å². The first kappa shape index (κ1) is 13.0. The zero-order chi connectivity index (χ0) is 13.0. The van der Waals surface area contributed by atoms with Gasteiger partial charge in [-0.1, -0.05) is 0 Å². The lowest BCUT2D eigenvalue weighted by Gasteiger charge is -2.18. The minimum atomic E-state index is -3.09. The van der Waals surface area contributed by atoms with Gasteiger partial charge in [0.15, 0.2) is 9.84 Å². The molecule has 1 fully saturated rings. The topological polar surface area (TPSA) is 94.4 Å². The van der Waals surface area contributed by atoms with E-state index in [0.717, 1.165) is 5.06 Å². The monoisotopic (exact) mass is 274 g/mol. The average Bonchev–Trinajstić information content (AvgIpc) is 2.77. The fourth-order valence-electron chi connectivity index (χ4n) is 1.54. The minimum Gasteiger partial charge on any atom is -0.273 e. The number of sulfone groups is 1. The molecule has 2 rings (SSSR count). The Morgan fingerprint density at radius 2 is 2.22 bits per heavy atom. The van der Waals surface area contributed by atoms with Gasteiger partial charge in [-0.05, 0) is 0 Å². The molecule has 0 atom stereocenters. The van der Waals surface area contributed by atoms with Crippen LogP contribution in [-0.4, -0.2) is 58.8 Å². The Balaban J connectivity index is 1.85. The Morgan fingerprint density at radius 3 is 2.94 bits per heavy atom. The molecule has 0 bridgehead atoms. The summed E-state index contributed by atoms with van der Waals surface area (Å²) >= 11 is 0. The third-order valence-electron chi connectivity index (χ3n) is 2.55. The summed E-state index contributed by atoms with van der Waals surface area (Å²) in [5.74, 6) is -0.343. The highest BCUT2D eigenvalue weighted by Gasteiger charge is 2.23. The molecular formula is C9H14N4O4S. The Kier molecular flexibility index (Phi) is 3.92. The first-order valence-corrected chi connectivity index (χ1v) is 7.35. The van der Waals surface area contributed by atoms with Crippen LogP contribution in [-0.2, 0) is 26.0 Å². The normalized spacial score (nSPS) is 19.4. The summed E-state index contributed by atoms with van der Waals surface area (Å²) in [7, 11) is -3.09. The average molecular weight is 274 g/mol. The van der Waals surface area contributed by atoms with E-state index in [2.05, 4.69) is 10.1 Å². The van der Waals surface area contributed by atoms with Crippen LogP contribution in [0.25, 0.3) is 0 Å². The predicted octanol–water partition coefficient (Wildman–Crippen LogP) is -1.14. The van der Waals surface area contributed by atoms with Crippen LogP contribution in [0.5, 0.6) is 0 Å². The van der Waals surface area contributed by atoms with E-state index in [0.29, 0.717) is 6.54 Å². The Labute approximate surface area is 104 Å². The SMILES string of the molecule is O=C(CCn1cncn1)N1CCS(=O)(=O)CCO1. The van der Waals surface area contributed by atoms with E-state index in [-0.39, 0.29) is 37.0 Å². The number of carbonyl (C=O) groups is 1. The molecule has 0 radical (unpaired) electrons. The lowest BCUT2D eigenvalue weighted by atomic mass is 10.4. The lowest BCUT2D eigenvalue weighted by Crippen LogP contribution is -2.33. The van der Waals surface area contributed by atoms with Crippen molar-refractivity contribution in [2.45, 2.75) is 13.0 Å². The van der Waals surface area contributed by atoms with Gasteiger partial charge in [0, 0.05) is 6.42 Å². The number of rotatable bonds is 3. The lowest BCUT2D eigenvalue weighted by molar-refractivity contribution is -0.182. The van der Waals surface area contributed by atoms with Crippen molar-refractivity contribution in [1.29, 1.82) is 0 Å². The summed E-state index contributed by atoms with van der Waals surface area (Å²) in [5, 5.41) is 5.00. The maximum absolute atomic E-state index is 11.8. The van der Waals surface area contributed by atoms with E-state index in [9.17, 15) is 13.2 Å². The summed E-state index contributed by atoms with van der Waals surface area (Å²) < 4.78 is 24.2. The number of aromatic nitrogens is 3. The predicted molar refractivity (Wildman–Crippen MR) is 61.0 cm³/mol. The summed E-state index contributed by atoms with van der Waals surface area (Å²) in [6.45, 7) is 0.501. The van der Waals surface area contributed by atoms with Gasteiger partial charge >= 0.3 is 0 Å². The van der Waals surface area contributed by atoms with Crippen LogP contribution in [0.1, 0.15) is 6.42 Å². The van der Waals surface area contributed by atoms with Gasteiger partial charge in [-0.15, -0.1) is 0 Å². The minimum absolute atomic E-state index is 0.0252. The number of hydrogen-bond donors (Lipinski definition) is 0. The van der Waals surface area contributed by atoms with Crippen LogP contribution in [0.4, 0.5) is 0 Å². The van der Waals surface area contributed by atoms with Crippen LogP contribution in [0.15, 0.2) is 12.7 Å². The van der Waals surface area contributed by atoms with Crippen LogP contribution >= 0.6 is 0 Å². The highest BCUT2D eigenvalue weighted by molar-refractivity contribution is 7.91. The molecule has 8 nitrogen and oxygen atoms in total. The van der Waals surface area contributed by atoms with E-state index in [1.165, 1.54) is 17.3 Å². The molecule has 1 saturated heterocycles. The van der Waals surface area contributed by atoms with Gasteiger partial charge in [0.1, 0.15) is 12.7 Å². The summed E-state index contributed by atoms with van der Waals surface area (Å²) in [5.41, 5.74) is 0. The maximum atomic E-state index is 11.8. The molecule has 1 aliphatic heterocycles. The number of carbonyl (C=O) groups excluding carboxylic acids is 1. The fourth-order valence-corrected chi connectivity index (χ4v) is 2.52. The zero-order valence-corrected chi connectivity index (χ0v) is 10.5. The van der Waals surface area contributed by atoms with E-state index in [1.54, 1.807) is 0 Å². The molecule has 9 heteroatoms. The van der Waals surface area contributed by atoms with E-state index >= 15 is 0 Å². The van der Waals surface area contributed by atoms with Gasteiger partial charge in [0.2, 0.25) is 5.91 Å². The van der Waals surface area contributed by atoms with Crippen molar-refractivity contribution in [1.82, 2.24) is 19.8 Å². The van der Waals surface area contributed by atoms with E-state index in [1.807, 2.05) is 0 Å². The molecule has 1 aliphatic rings. The summed E-state index contributed by atoms with van der Waals surface area (Å²) in [6.07, 6.45) is 3.10. The van der Waals surface area contributed by atoms with Crippen LogP contribution in [0.3, 0.4) is 0 Å². The largest absolute Gasteiger partial charge is 0.273 e. The molecular weight excluding hydrogens is 260 g/mol. The third kappa shape index (κ3) is 3.50. The molecule has 100 valence electrons. The van der Waals surface area contributed by atoms with Crippen LogP contribution in [0, 0.1) is 0 Å². The molecule has 1 aromatic rings. The van der Waals surface area contributed by atoms with Crippen molar-refractivity contribution in [3.63, 3.8) is 0 Å². The number of hydroxylamine groups is 2. The highest BCUT2D eigenvalue weighted by Crippen LogP contribution is 2.05. The first-order valence-electron chi connectivity index (χ1n) is 5.53. The number of amides is 1. The second-order valence-electron chi connectivity index (χ2n) is 3.89. The molecule has 0 aromatic carbocycles. The third-order valence-corrected chi connectivity index (χ3v) is 4.14.